The van der Waals surface area contributed by atoms with E-state index in [1.165, 1.54) is 24.4 Å². The molecule has 6 nitrogen and oxygen atoms in total. The lowest BCUT2D eigenvalue weighted by atomic mass is 10.1. The third kappa shape index (κ3) is 2.16. The maximum Gasteiger partial charge on any atom is 0.270 e. The van der Waals surface area contributed by atoms with Crippen LogP contribution in [-0.4, -0.2) is 20.1 Å². The number of aryl methyl sites for hydroxylation is 1. The smallest absolute Gasteiger partial charge is 0.270 e. The molecule has 104 valence electrons. The average molecular weight is 281 g/mol. The largest absolute Gasteiger partial charge is 0.297 e. The number of carbonyl (C=O) groups is 1. The maximum atomic E-state index is 12.5. The van der Waals surface area contributed by atoms with Crippen LogP contribution in [0, 0.1) is 17.0 Å². The fourth-order valence-corrected chi connectivity index (χ4v) is 2.23. The zero-order chi connectivity index (χ0) is 15.0. The van der Waals surface area contributed by atoms with Crippen LogP contribution in [0.1, 0.15) is 21.6 Å². The van der Waals surface area contributed by atoms with E-state index in [1.54, 1.807) is 16.7 Å². The van der Waals surface area contributed by atoms with Gasteiger partial charge >= 0.3 is 0 Å². The molecule has 0 bridgehead atoms. The van der Waals surface area contributed by atoms with Gasteiger partial charge in [0.15, 0.2) is 0 Å². The highest BCUT2D eigenvalue weighted by Gasteiger charge is 2.17. The first-order valence-corrected chi connectivity index (χ1v) is 6.30. The molecule has 6 heteroatoms. The number of nitrogens with zero attached hydrogens (tertiary/aromatic N) is 3. The summed E-state index contributed by atoms with van der Waals surface area (Å²) in [6.07, 6.45) is 3.24. The second kappa shape index (κ2) is 4.82. The summed E-state index contributed by atoms with van der Waals surface area (Å²) >= 11 is 0. The van der Waals surface area contributed by atoms with E-state index in [1.807, 2.05) is 19.1 Å². The van der Waals surface area contributed by atoms with Crippen LogP contribution >= 0.6 is 0 Å². The Kier molecular flexibility index (Phi) is 2.98. The van der Waals surface area contributed by atoms with Gasteiger partial charge in [0, 0.05) is 23.9 Å². The van der Waals surface area contributed by atoms with Crippen molar-refractivity contribution in [1.29, 1.82) is 0 Å². The number of carbonyl (C=O) groups excluding carboxylic acids is 1. The fraction of sp³-hybridized carbons (Fsp3) is 0.0667. The third-order valence-corrected chi connectivity index (χ3v) is 3.28. The normalized spacial score (nSPS) is 10.7. The van der Waals surface area contributed by atoms with Crippen molar-refractivity contribution >= 4 is 17.1 Å². The van der Waals surface area contributed by atoms with E-state index < -0.39 is 4.92 Å². The van der Waals surface area contributed by atoms with E-state index in [9.17, 15) is 14.9 Å². The molecular weight excluding hydrogens is 270 g/mol. The molecule has 0 atom stereocenters. The van der Waals surface area contributed by atoms with Crippen LogP contribution in [-0.2, 0) is 0 Å². The Morgan fingerprint density at radius 1 is 1.29 bits per heavy atom. The molecule has 0 amide bonds. The summed E-state index contributed by atoms with van der Waals surface area (Å²) in [4.78, 5) is 27.0. The van der Waals surface area contributed by atoms with Gasteiger partial charge < -0.3 is 0 Å². The zero-order valence-electron chi connectivity index (χ0n) is 11.2. The minimum atomic E-state index is -0.518. The van der Waals surface area contributed by atoms with Crippen molar-refractivity contribution in [3.63, 3.8) is 0 Å². The lowest BCUT2D eigenvalue weighted by Crippen LogP contribution is -2.05. The van der Waals surface area contributed by atoms with Crippen molar-refractivity contribution in [2.45, 2.75) is 6.92 Å². The number of hydrogen-bond acceptors (Lipinski definition) is 4. The van der Waals surface area contributed by atoms with E-state index >= 15 is 0 Å². The number of hydrogen-bond donors (Lipinski definition) is 0. The van der Waals surface area contributed by atoms with Gasteiger partial charge in [-0.05, 0) is 18.6 Å². The number of rotatable bonds is 3. The second-order valence-electron chi connectivity index (χ2n) is 4.66. The number of ketones is 1. The van der Waals surface area contributed by atoms with Crippen molar-refractivity contribution in [3.8, 4) is 0 Å². The predicted octanol–water partition coefficient (Wildman–Crippen LogP) is 2.78. The van der Waals surface area contributed by atoms with Gasteiger partial charge in [-0.15, -0.1) is 0 Å². The number of aromatic nitrogens is 2. The molecule has 0 radical (unpaired) electrons. The Morgan fingerprint density at radius 3 is 2.86 bits per heavy atom. The van der Waals surface area contributed by atoms with Gasteiger partial charge in [0.25, 0.3) is 5.69 Å². The summed E-state index contributed by atoms with van der Waals surface area (Å²) in [5.74, 6) is -0.295. The van der Waals surface area contributed by atoms with E-state index in [2.05, 4.69) is 4.98 Å². The lowest BCUT2D eigenvalue weighted by Gasteiger charge is -2.02. The number of nitro benzene ring substituents is 1. The summed E-state index contributed by atoms with van der Waals surface area (Å²) in [6.45, 7) is 1.91. The van der Waals surface area contributed by atoms with Crippen molar-refractivity contribution in [2.75, 3.05) is 0 Å². The number of imidazole rings is 1. The quantitative estimate of drug-likeness (QED) is 0.420. The van der Waals surface area contributed by atoms with Gasteiger partial charge in [0.2, 0.25) is 5.78 Å². The number of pyridine rings is 1. The number of fused-ring (bicyclic) bond motifs is 1. The van der Waals surface area contributed by atoms with E-state index in [-0.39, 0.29) is 17.0 Å². The van der Waals surface area contributed by atoms with Crippen LogP contribution in [0.4, 0.5) is 5.69 Å². The Morgan fingerprint density at radius 2 is 2.10 bits per heavy atom. The number of non-ortho nitro benzene ring substituents is 1. The van der Waals surface area contributed by atoms with Crippen molar-refractivity contribution < 1.29 is 9.72 Å². The number of nitro groups is 1. The summed E-state index contributed by atoms with van der Waals surface area (Å²) in [5, 5.41) is 10.8. The molecule has 0 aliphatic rings. The molecule has 3 aromatic rings. The van der Waals surface area contributed by atoms with Crippen LogP contribution in [0.3, 0.4) is 0 Å². The monoisotopic (exact) mass is 281 g/mol. The molecule has 0 saturated heterocycles. The molecule has 0 unspecified atom stereocenters. The third-order valence-electron chi connectivity index (χ3n) is 3.28. The first kappa shape index (κ1) is 13.0. The lowest BCUT2D eigenvalue weighted by molar-refractivity contribution is -0.384. The molecule has 2 aromatic heterocycles. The van der Waals surface area contributed by atoms with Gasteiger partial charge in [0.05, 0.1) is 11.1 Å². The molecule has 1 aromatic carbocycles. The van der Waals surface area contributed by atoms with Crippen LogP contribution in [0.5, 0.6) is 0 Å². The second-order valence-corrected chi connectivity index (χ2v) is 4.66. The van der Waals surface area contributed by atoms with Crippen molar-refractivity contribution in [3.05, 3.63) is 75.7 Å². The molecule has 0 N–H and O–H groups in total. The Balaban J connectivity index is 2.11. The summed E-state index contributed by atoms with van der Waals surface area (Å²) in [5.41, 5.74) is 2.20. The number of benzene rings is 1. The maximum absolute atomic E-state index is 12.5. The molecule has 0 aliphatic heterocycles. The van der Waals surface area contributed by atoms with Crippen molar-refractivity contribution in [2.24, 2.45) is 0 Å². The molecule has 3 rings (SSSR count). The van der Waals surface area contributed by atoms with E-state index in [4.69, 9.17) is 0 Å². The molecule has 0 spiro atoms. The van der Waals surface area contributed by atoms with E-state index in [0.29, 0.717) is 11.3 Å². The van der Waals surface area contributed by atoms with Crippen LogP contribution in [0.15, 0.2) is 48.8 Å². The van der Waals surface area contributed by atoms with Gasteiger partial charge in [-0.1, -0.05) is 18.2 Å². The summed E-state index contributed by atoms with van der Waals surface area (Å²) < 4.78 is 1.69. The molecule has 2 heterocycles. The molecule has 0 aliphatic carbocycles. The minimum Gasteiger partial charge on any atom is -0.297 e. The van der Waals surface area contributed by atoms with Gasteiger partial charge in [-0.3, -0.25) is 19.3 Å². The Labute approximate surface area is 119 Å². The SMILES string of the molecule is Cc1cccn2c(C(=O)c3cccc([N+](=O)[O-])c3)cnc12. The van der Waals surface area contributed by atoms with E-state index in [0.717, 1.165) is 5.56 Å². The van der Waals surface area contributed by atoms with Crippen LogP contribution in [0.25, 0.3) is 5.65 Å². The molecule has 21 heavy (non-hydrogen) atoms. The topological polar surface area (TPSA) is 77.5 Å². The van der Waals surface area contributed by atoms with Crippen molar-refractivity contribution in [1.82, 2.24) is 9.38 Å². The summed E-state index contributed by atoms with van der Waals surface area (Å²) in [6, 6.07) is 9.43. The molecule has 0 saturated carbocycles. The Bertz CT molecular complexity index is 867. The highest BCUT2D eigenvalue weighted by Crippen LogP contribution is 2.18. The average Bonchev–Trinajstić information content (AvgIpc) is 2.92. The summed E-state index contributed by atoms with van der Waals surface area (Å²) in [7, 11) is 0. The van der Waals surface area contributed by atoms with Gasteiger partial charge in [-0.2, -0.15) is 0 Å². The molecule has 0 fully saturated rings. The van der Waals surface area contributed by atoms with Crippen LogP contribution in [0.2, 0.25) is 0 Å². The Hall–Kier alpha value is -3.02. The van der Waals surface area contributed by atoms with Gasteiger partial charge in [0.1, 0.15) is 11.3 Å². The van der Waals surface area contributed by atoms with Gasteiger partial charge in [-0.25, -0.2) is 4.98 Å². The first-order valence-electron chi connectivity index (χ1n) is 6.30. The standard InChI is InChI=1S/C15H11N3O3/c1-10-4-3-7-17-13(9-16-15(10)17)14(19)11-5-2-6-12(8-11)18(20)21/h2-9H,1H3. The minimum absolute atomic E-state index is 0.106. The highest BCUT2D eigenvalue weighted by molar-refractivity contribution is 6.08. The molecular formula is C15H11N3O3. The fourth-order valence-electron chi connectivity index (χ4n) is 2.23. The zero-order valence-corrected chi connectivity index (χ0v) is 11.2. The predicted molar refractivity (Wildman–Crippen MR) is 76.5 cm³/mol. The first-order chi connectivity index (χ1) is 10.1. The van der Waals surface area contributed by atoms with Crippen LogP contribution < -0.4 is 0 Å². The highest BCUT2D eigenvalue weighted by atomic mass is 16.6.